The Balaban J connectivity index is 2.70. The molecule has 1 aromatic carbocycles. The highest BCUT2D eigenvalue weighted by Gasteiger charge is 2.11. The van der Waals surface area contributed by atoms with E-state index in [2.05, 4.69) is 0 Å². The second-order valence-electron chi connectivity index (χ2n) is 3.94. The van der Waals surface area contributed by atoms with Crippen LogP contribution >= 0.6 is 0 Å². The molecule has 16 heavy (non-hydrogen) atoms. The van der Waals surface area contributed by atoms with E-state index in [1.165, 1.54) is 0 Å². The quantitative estimate of drug-likeness (QED) is 0.723. The van der Waals surface area contributed by atoms with Crippen molar-refractivity contribution >= 4 is 13.0 Å². The molecule has 0 amide bonds. The van der Waals surface area contributed by atoms with E-state index in [0.29, 0.717) is 6.54 Å². The normalized spacial score (nSPS) is 10.5. The first-order chi connectivity index (χ1) is 7.49. The lowest BCUT2D eigenvalue weighted by atomic mass is 9.85. The van der Waals surface area contributed by atoms with Gasteiger partial charge in [-0.15, -0.1) is 0 Å². The molecule has 4 nitrogen and oxygen atoms in total. The van der Waals surface area contributed by atoms with E-state index in [9.17, 15) is 9.82 Å². The Morgan fingerprint density at radius 3 is 2.62 bits per heavy atom. The van der Waals surface area contributed by atoms with Crippen LogP contribution in [0.2, 0.25) is 6.82 Å². The maximum absolute atomic E-state index is 10.6. The molecular formula is C11H16BNO3. The molecule has 5 heteroatoms. The van der Waals surface area contributed by atoms with Crippen LogP contribution in [0.5, 0.6) is 0 Å². The zero-order chi connectivity index (χ0) is 12.1. The Labute approximate surface area is 95.6 Å². The Kier molecular flexibility index (Phi) is 4.52. The number of carboxylic acid groups (broad SMARTS) is 1. The van der Waals surface area contributed by atoms with Crippen LogP contribution in [0.25, 0.3) is 0 Å². The predicted octanol–water partition coefficient (Wildman–Crippen LogP) is 0.856. The Hall–Kier alpha value is -1.33. The van der Waals surface area contributed by atoms with E-state index in [4.69, 9.17) is 5.11 Å². The zero-order valence-corrected chi connectivity index (χ0v) is 9.55. The fourth-order valence-corrected chi connectivity index (χ4v) is 1.43. The van der Waals surface area contributed by atoms with Gasteiger partial charge in [-0.2, -0.15) is 0 Å². The highest BCUT2D eigenvalue weighted by molar-refractivity contribution is 6.45. The van der Waals surface area contributed by atoms with E-state index >= 15 is 0 Å². The minimum atomic E-state index is -0.832. The van der Waals surface area contributed by atoms with Gasteiger partial charge in [0.15, 0.2) is 0 Å². The van der Waals surface area contributed by atoms with Crippen LogP contribution in [0.15, 0.2) is 24.3 Å². The van der Waals surface area contributed by atoms with Crippen molar-refractivity contribution in [2.24, 2.45) is 0 Å². The lowest BCUT2D eigenvalue weighted by molar-refractivity contribution is -0.136. The van der Waals surface area contributed by atoms with Crippen molar-refractivity contribution in [1.82, 2.24) is 4.81 Å². The van der Waals surface area contributed by atoms with Gasteiger partial charge in [0.25, 0.3) is 0 Å². The SMILES string of the molecule is CB(O)N(C)Cc1cccc(CC(=O)O)c1. The summed E-state index contributed by atoms with van der Waals surface area (Å²) < 4.78 is 0. The Bertz CT molecular complexity index is 368. The number of hydrogen-bond acceptors (Lipinski definition) is 3. The monoisotopic (exact) mass is 221 g/mol. The van der Waals surface area contributed by atoms with E-state index in [-0.39, 0.29) is 6.42 Å². The number of rotatable bonds is 5. The molecule has 0 saturated carbocycles. The lowest BCUT2D eigenvalue weighted by Crippen LogP contribution is -2.32. The van der Waals surface area contributed by atoms with Crippen LogP contribution in [-0.2, 0) is 17.8 Å². The van der Waals surface area contributed by atoms with Gasteiger partial charge in [-0.1, -0.05) is 24.3 Å². The van der Waals surface area contributed by atoms with Crippen molar-refractivity contribution in [2.45, 2.75) is 19.8 Å². The molecule has 86 valence electrons. The average Bonchev–Trinajstić information content (AvgIpc) is 2.16. The number of aliphatic carboxylic acids is 1. The van der Waals surface area contributed by atoms with Crippen molar-refractivity contribution in [3.8, 4) is 0 Å². The maximum Gasteiger partial charge on any atom is 0.376 e. The topological polar surface area (TPSA) is 60.8 Å². The molecule has 0 atom stereocenters. The highest BCUT2D eigenvalue weighted by atomic mass is 16.4. The van der Waals surface area contributed by atoms with Crippen molar-refractivity contribution in [3.63, 3.8) is 0 Å². The second kappa shape index (κ2) is 5.68. The smallest absolute Gasteiger partial charge is 0.376 e. The molecule has 1 rings (SSSR count). The molecule has 0 aliphatic heterocycles. The zero-order valence-electron chi connectivity index (χ0n) is 9.55. The maximum atomic E-state index is 10.6. The fourth-order valence-electron chi connectivity index (χ4n) is 1.43. The van der Waals surface area contributed by atoms with E-state index in [1.54, 1.807) is 17.7 Å². The summed E-state index contributed by atoms with van der Waals surface area (Å²) in [6.45, 7) is 2.30. The van der Waals surface area contributed by atoms with E-state index < -0.39 is 13.0 Å². The van der Waals surface area contributed by atoms with Crippen LogP contribution in [0.4, 0.5) is 0 Å². The van der Waals surface area contributed by atoms with Gasteiger partial charge in [-0.25, -0.2) is 0 Å². The summed E-state index contributed by atoms with van der Waals surface area (Å²) in [5, 5.41) is 18.0. The molecule has 0 aliphatic carbocycles. The van der Waals surface area contributed by atoms with Gasteiger partial charge >= 0.3 is 13.0 Å². The predicted molar refractivity (Wildman–Crippen MR) is 63.1 cm³/mol. The first kappa shape index (κ1) is 12.7. The molecule has 0 radical (unpaired) electrons. The summed E-state index contributed by atoms with van der Waals surface area (Å²) in [4.78, 5) is 12.3. The van der Waals surface area contributed by atoms with Crippen LogP contribution in [0.3, 0.4) is 0 Å². The molecule has 1 aromatic rings. The standard InChI is InChI=1S/C11H16BNO3/c1-12(16)13(2)8-10-5-3-4-9(6-10)7-11(14)15/h3-6,16H,7-8H2,1-2H3,(H,14,15). The fraction of sp³-hybridized carbons (Fsp3) is 0.364. The highest BCUT2D eigenvalue weighted by Crippen LogP contribution is 2.08. The third-order valence-corrected chi connectivity index (χ3v) is 2.42. The largest absolute Gasteiger partial charge is 0.481 e. The molecule has 0 unspecified atom stereocenters. The van der Waals surface area contributed by atoms with Crippen molar-refractivity contribution in [3.05, 3.63) is 35.4 Å². The van der Waals surface area contributed by atoms with Crippen molar-refractivity contribution in [1.29, 1.82) is 0 Å². The van der Waals surface area contributed by atoms with Gasteiger partial charge in [0.1, 0.15) is 0 Å². The molecule has 0 fully saturated rings. The minimum absolute atomic E-state index is 0.0340. The van der Waals surface area contributed by atoms with Crippen molar-refractivity contribution in [2.75, 3.05) is 7.05 Å². The summed E-state index contributed by atoms with van der Waals surface area (Å²) >= 11 is 0. The minimum Gasteiger partial charge on any atom is -0.481 e. The van der Waals surface area contributed by atoms with Crippen LogP contribution in [0.1, 0.15) is 11.1 Å². The summed E-state index contributed by atoms with van der Waals surface area (Å²) in [6, 6.07) is 7.40. The third-order valence-electron chi connectivity index (χ3n) is 2.42. The molecule has 0 saturated heterocycles. The second-order valence-corrected chi connectivity index (χ2v) is 3.94. The molecule has 0 aromatic heterocycles. The van der Waals surface area contributed by atoms with Gasteiger partial charge in [0, 0.05) is 6.54 Å². The van der Waals surface area contributed by atoms with Gasteiger partial charge in [-0.05, 0) is 25.0 Å². The summed E-state index contributed by atoms with van der Waals surface area (Å²) in [5.74, 6) is -0.832. The first-order valence-electron chi connectivity index (χ1n) is 5.17. The molecule has 0 spiro atoms. The van der Waals surface area contributed by atoms with Gasteiger partial charge in [-0.3, -0.25) is 4.79 Å². The molecule has 2 N–H and O–H groups in total. The van der Waals surface area contributed by atoms with Gasteiger partial charge < -0.3 is 14.9 Å². The molecule has 0 bridgehead atoms. The number of carbonyl (C=O) groups is 1. The number of carboxylic acids is 1. The summed E-state index contributed by atoms with van der Waals surface area (Å²) in [7, 11) is 1.30. The van der Waals surface area contributed by atoms with E-state index in [0.717, 1.165) is 11.1 Å². The van der Waals surface area contributed by atoms with Gasteiger partial charge in [0.05, 0.1) is 6.42 Å². The van der Waals surface area contributed by atoms with E-state index in [1.807, 2.05) is 25.2 Å². The molecule has 0 heterocycles. The summed E-state index contributed by atoms with van der Waals surface area (Å²) in [5.41, 5.74) is 1.78. The van der Waals surface area contributed by atoms with Crippen molar-refractivity contribution < 1.29 is 14.9 Å². The summed E-state index contributed by atoms with van der Waals surface area (Å²) in [6.07, 6.45) is 0.0340. The average molecular weight is 221 g/mol. The number of hydrogen-bond donors (Lipinski definition) is 2. The third kappa shape index (κ3) is 4.04. The van der Waals surface area contributed by atoms with Gasteiger partial charge in [0.2, 0.25) is 0 Å². The number of benzene rings is 1. The Morgan fingerprint density at radius 1 is 1.44 bits per heavy atom. The van der Waals surface area contributed by atoms with Crippen LogP contribution in [0, 0.1) is 0 Å². The molecular weight excluding hydrogens is 205 g/mol. The van der Waals surface area contributed by atoms with Crippen LogP contribution in [-0.4, -0.2) is 35.0 Å². The van der Waals surface area contributed by atoms with Crippen LogP contribution < -0.4 is 0 Å². The lowest BCUT2D eigenvalue weighted by Gasteiger charge is -2.17. The first-order valence-corrected chi connectivity index (χ1v) is 5.17. The Morgan fingerprint density at radius 2 is 2.06 bits per heavy atom. The number of nitrogens with zero attached hydrogens (tertiary/aromatic N) is 1. The molecule has 0 aliphatic rings.